The van der Waals surface area contributed by atoms with E-state index in [1.165, 1.54) is 12.1 Å². The number of nitrogens with two attached hydrogens (primary N) is 1. The van der Waals surface area contributed by atoms with Gasteiger partial charge < -0.3 is 16.4 Å². The van der Waals surface area contributed by atoms with Crippen molar-refractivity contribution >= 4 is 17.4 Å². The third kappa shape index (κ3) is 4.03. The summed E-state index contributed by atoms with van der Waals surface area (Å²) in [5.74, 6) is 0.409. The van der Waals surface area contributed by atoms with Crippen LogP contribution in [0.2, 0.25) is 0 Å². The minimum atomic E-state index is -0.538. The Labute approximate surface area is 190 Å². The smallest absolute Gasteiger partial charge is 0.252 e. The van der Waals surface area contributed by atoms with Crippen LogP contribution in [0.25, 0.3) is 17.2 Å². The van der Waals surface area contributed by atoms with Gasteiger partial charge in [0.05, 0.1) is 17.0 Å². The molecule has 0 unspecified atom stereocenters. The summed E-state index contributed by atoms with van der Waals surface area (Å²) in [4.78, 5) is 26.2. The molecular formula is C24H24FN7O. The number of fused-ring (bicyclic) bond motifs is 2. The van der Waals surface area contributed by atoms with Crippen LogP contribution < -0.4 is 16.4 Å². The van der Waals surface area contributed by atoms with Crippen molar-refractivity contribution in [1.29, 1.82) is 0 Å². The molecule has 0 aliphatic carbocycles. The number of aromatic nitrogens is 4. The third-order valence-electron chi connectivity index (χ3n) is 5.81. The minimum Gasteiger partial charge on any atom is -0.366 e. The van der Waals surface area contributed by atoms with Crippen molar-refractivity contribution < 1.29 is 9.18 Å². The zero-order chi connectivity index (χ0) is 22.9. The second-order valence-electron chi connectivity index (χ2n) is 8.11. The van der Waals surface area contributed by atoms with Crippen molar-refractivity contribution in [2.24, 2.45) is 5.73 Å². The van der Waals surface area contributed by atoms with E-state index in [0.717, 1.165) is 36.2 Å². The van der Waals surface area contributed by atoms with E-state index in [2.05, 4.69) is 15.6 Å². The number of amides is 1. The summed E-state index contributed by atoms with van der Waals surface area (Å²) >= 11 is 0. The highest BCUT2D eigenvalue weighted by molar-refractivity contribution is 5.99. The van der Waals surface area contributed by atoms with Crippen molar-refractivity contribution in [3.8, 4) is 11.5 Å². The standard InChI is InChI=1S/C24H24FN7O/c1-14-20(32-10-4-7-17(21(26)33)24(32)29-14)23-30-19-8-3-9-27-13-18(19)22(31-23)28-12-15-5-2-6-16(25)11-15/h2,4-7,10-11,27H,3,8-9,12-13H2,1H3,(H2,26,33)(H,28,30,31). The maximum absolute atomic E-state index is 13.6. The molecule has 0 atom stereocenters. The molecule has 8 nitrogen and oxygen atoms in total. The summed E-state index contributed by atoms with van der Waals surface area (Å²) in [5.41, 5.74) is 10.6. The molecule has 168 valence electrons. The first kappa shape index (κ1) is 21.0. The fourth-order valence-electron chi connectivity index (χ4n) is 4.24. The van der Waals surface area contributed by atoms with Gasteiger partial charge in [0, 0.05) is 24.8 Å². The third-order valence-corrected chi connectivity index (χ3v) is 5.81. The molecular weight excluding hydrogens is 421 g/mol. The summed E-state index contributed by atoms with van der Waals surface area (Å²) in [6, 6.07) is 9.91. The van der Waals surface area contributed by atoms with Crippen LogP contribution >= 0.6 is 0 Å². The van der Waals surface area contributed by atoms with Crippen molar-refractivity contribution in [1.82, 2.24) is 24.7 Å². The van der Waals surface area contributed by atoms with Crippen molar-refractivity contribution in [2.45, 2.75) is 32.9 Å². The molecule has 1 aromatic carbocycles. The number of primary amides is 1. The highest BCUT2D eigenvalue weighted by Crippen LogP contribution is 2.28. The average molecular weight is 446 g/mol. The van der Waals surface area contributed by atoms with Gasteiger partial charge >= 0.3 is 0 Å². The van der Waals surface area contributed by atoms with Gasteiger partial charge in [0.1, 0.15) is 23.0 Å². The molecule has 33 heavy (non-hydrogen) atoms. The fraction of sp³-hybridized carbons (Fsp3) is 0.250. The Morgan fingerprint density at radius 1 is 1.24 bits per heavy atom. The number of nitrogens with one attached hydrogen (secondary N) is 2. The number of halogens is 1. The van der Waals surface area contributed by atoms with Crippen LogP contribution in [0, 0.1) is 12.7 Å². The number of pyridine rings is 1. The quantitative estimate of drug-likeness (QED) is 0.436. The van der Waals surface area contributed by atoms with Gasteiger partial charge in [0.2, 0.25) is 0 Å². The number of aryl methyl sites for hydroxylation is 2. The number of imidazole rings is 1. The van der Waals surface area contributed by atoms with Crippen LogP contribution in [0.3, 0.4) is 0 Å². The first-order valence-corrected chi connectivity index (χ1v) is 10.9. The van der Waals surface area contributed by atoms with Crippen LogP contribution in [0.5, 0.6) is 0 Å². The molecule has 1 aliphatic rings. The van der Waals surface area contributed by atoms with E-state index in [9.17, 15) is 9.18 Å². The Morgan fingerprint density at radius 3 is 2.94 bits per heavy atom. The molecule has 4 N–H and O–H groups in total. The zero-order valence-electron chi connectivity index (χ0n) is 18.2. The van der Waals surface area contributed by atoms with E-state index in [1.54, 1.807) is 18.2 Å². The van der Waals surface area contributed by atoms with E-state index < -0.39 is 5.91 Å². The molecule has 0 spiro atoms. The van der Waals surface area contributed by atoms with Crippen LogP contribution in [0.1, 0.15) is 39.3 Å². The molecule has 3 aromatic heterocycles. The average Bonchev–Trinajstić information content (AvgIpc) is 2.96. The predicted molar refractivity (Wildman–Crippen MR) is 123 cm³/mol. The monoisotopic (exact) mass is 445 g/mol. The molecule has 5 rings (SSSR count). The van der Waals surface area contributed by atoms with E-state index in [0.29, 0.717) is 47.3 Å². The van der Waals surface area contributed by atoms with Crippen LogP contribution in [-0.4, -0.2) is 31.8 Å². The van der Waals surface area contributed by atoms with E-state index >= 15 is 0 Å². The molecule has 0 fully saturated rings. The van der Waals surface area contributed by atoms with Gasteiger partial charge in [-0.1, -0.05) is 12.1 Å². The zero-order valence-corrected chi connectivity index (χ0v) is 18.2. The first-order chi connectivity index (χ1) is 16.0. The minimum absolute atomic E-state index is 0.273. The highest BCUT2D eigenvalue weighted by Gasteiger charge is 2.22. The van der Waals surface area contributed by atoms with Gasteiger partial charge in [-0.05, 0) is 56.1 Å². The molecule has 1 aliphatic heterocycles. The number of hydrogen-bond donors (Lipinski definition) is 3. The number of hydrogen-bond acceptors (Lipinski definition) is 6. The molecule has 0 radical (unpaired) electrons. The lowest BCUT2D eigenvalue weighted by molar-refractivity contribution is 0.100. The lowest BCUT2D eigenvalue weighted by Crippen LogP contribution is -2.16. The summed E-state index contributed by atoms with van der Waals surface area (Å²) in [6.07, 6.45) is 3.60. The Hall–Kier alpha value is -3.85. The number of rotatable bonds is 5. The maximum atomic E-state index is 13.6. The van der Waals surface area contributed by atoms with Gasteiger partial charge in [-0.15, -0.1) is 0 Å². The maximum Gasteiger partial charge on any atom is 0.252 e. The van der Waals surface area contributed by atoms with Gasteiger partial charge in [-0.25, -0.2) is 19.3 Å². The summed E-state index contributed by atoms with van der Waals surface area (Å²) in [6.45, 7) is 3.84. The fourth-order valence-corrected chi connectivity index (χ4v) is 4.24. The predicted octanol–water partition coefficient (Wildman–Crippen LogP) is 2.99. The van der Waals surface area contributed by atoms with Gasteiger partial charge in [0.25, 0.3) is 5.91 Å². The van der Waals surface area contributed by atoms with Crippen molar-refractivity contribution in [3.05, 3.63) is 76.5 Å². The molecule has 4 aromatic rings. The molecule has 0 bridgehead atoms. The van der Waals surface area contributed by atoms with Gasteiger partial charge in [-0.2, -0.15) is 0 Å². The van der Waals surface area contributed by atoms with Gasteiger partial charge in [0.15, 0.2) is 5.82 Å². The number of benzene rings is 1. The number of carbonyl (C=O) groups excluding carboxylic acids is 1. The Balaban J connectivity index is 1.62. The van der Waals surface area contributed by atoms with Gasteiger partial charge in [-0.3, -0.25) is 9.20 Å². The first-order valence-electron chi connectivity index (χ1n) is 10.9. The van der Waals surface area contributed by atoms with Crippen LogP contribution in [0.4, 0.5) is 10.2 Å². The number of nitrogens with zero attached hydrogens (tertiary/aromatic N) is 4. The Bertz CT molecular complexity index is 1360. The molecule has 1 amide bonds. The molecule has 0 saturated heterocycles. The largest absolute Gasteiger partial charge is 0.366 e. The van der Waals surface area contributed by atoms with E-state index in [-0.39, 0.29) is 5.82 Å². The molecule has 9 heteroatoms. The van der Waals surface area contributed by atoms with Crippen molar-refractivity contribution in [3.63, 3.8) is 0 Å². The van der Waals surface area contributed by atoms with Crippen molar-refractivity contribution in [2.75, 3.05) is 11.9 Å². The topological polar surface area (TPSA) is 110 Å². The number of anilines is 1. The van der Waals surface area contributed by atoms with Crippen LogP contribution in [0.15, 0.2) is 42.6 Å². The van der Waals surface area contributed by atoms with Crippen LogP contribution in [-0.2, 0) is 19.5 Å². The summed E-state index contributed by atoms with van der Waals surface area (Å²) in [5, 5.41) is 6.80. The molecule has 4 heterocycles. The van der Waals surface area contributed by atoms with E-state index in [1.807, 2.05) is 23.6 Å². The Morgan fingerprint density at radius 2 is 2.12 bits per heavy atom. The summed E-state index contributed by atoms with van der Waals surface area (Å²) in [7, 11) is 0. The Kier molecular flexibility index (Phi) is 5.47. The lowest BCUT2D eigenvalue weighted by Gasteiger charge is -2.15. The lowest BCUT2D eigenvalue weighted by atomic mass is 10.1. The highest BCUT2D eigenvalue weighted by atomic mass is 19.1. The normalized spacial score (nSPS) is 13.5. The molecule has 0 saturated carbocycles. The summed E-state index contributed by atoms with van der Waals surface area (Å²) < 4.78 is 15.5. The SMILES string of the molecule is Cc1nc2c(C(N)=O)cccn2c1-c1nc2c(c(NCc3cccc(F)c3)n1)CNCCC2. The second-order valence-corrected chi connectivity index (χ2v) is 8.11. The number of carbonyl (C=O) groups is 1. The second kappa shape index (κ2) is 8.59. The van der Waals surface area contributed by atoms with E-state index in [4.69, 9.17) is 15.7 Å².